The van der Waals surface area contributed by atoms with E-state index in [2.05, 4.69) is 5.32 Å². The Kier molecular flexibility index (Phi) is 5.48. The zero-order chi connectivity index (χ0) is 22.9. The summed E-state index contributed by atoms with van der Waals surface area (Å²) in [7, 11) is 0. The first-order chi connectivity index (χ1) is 16.0. The summed E-state index contributed by atoms with van der Waals surface area (Å²) < 4.78 is 11.1. The normalized spacial score (nSPS) is 15.2. The van der Waals surface area contributed by atoms with Gasteiger partial charge in [0.25, 0.3) is 11.8 Å². The zero-order valence-corrected chi connectivity index (χ0v) is 18.2. The molecule has 0 aliphatic carbocycles. The summed E-state index contributed by atoms with van der Waals surface area (Å²) in [6, 6.07) is 17.8. The third kappa shape index (κ3) is 3.91. The first-order valence-electron chi connectivity index (χ1n) is 10.4. The van der Waals surface area contributed by atoms with Gasteiger partial charge < -0.3 is 14.8 Å². The molecule has 5 rings (SSSR count). The fraction of sp³-hybridized carbons (Fsp3) is 0.160. The van der Waals surface area contributed by atoms with E-state index in [1.165, 1.54) is 0 Å². The van der Waals surface area contributed by atoms with Crippen molar-refractivity contribution in [2.24, 2.45) is 0 Å². The summed E-state index contributed by atoms with van der Waals surface area (Å²) in [6.45, 7) is 0.793. The van der Waals surface area contributed by atoms with Crippen LogP contribution in [0.4, 0.5) is 5.69 Å². The summed E-state index contributed by atoms with van der Waals surface area (Å²) in [5, 5.41) is 3.03. The number of halogens is 1. The summed E-state index contributed by atoms with van der Waals surface area (Å²) in [4.78, 5) is 40.7. The Balaban J connectivity index is 1.48. The molecule has 0 fully saturated rings. The molecular formula is C25H19ClN2O5. The number of ether oxygens (including phenoxy) is 2. The predicted molar refractivity (Wildman–Crippen MR) is 122 cm³/mol. The molecule has 0 saturated heterocycles. The van der Waals surface area contributed by atoms with Crippen molar-refractivity contribution in [2.45, 2.75) is 12.5 Å². The van der Waals surface area contributed by atoms with Crippen molar-refractivity contribution in [3.8, 4) is 11.5 Å². The molecule has 1 atom stereocenters. The maximum atomic E-state index is 13.5. The highest BCUT2D eigenvalue weighted by molar-refractivity contribution is 6.34. The van der Waals surface area contributed by atoms with Gasteiger partial charge in [0.2, 0.25) is 5.91 Å². The Hall–Kier alpha value is -3.84. The van der Waals surface area contributed by atoms with Crippen LogP contribution in [-0.4, -0.2) is 41.9 Å². The lowest BCUT2D eigenvalue weighted by Crippen LogP contribution is -2.48. The van der Waals surface area contributed by atoms with Crippen LogP contribution in [0.2, 0.25) is 5.02 Å². The maximum Gasteiger partial charge on any atom is 0.262 e. The fourth-order valence-corrected chi connectivity index (χ4v) is 4.21. The minimum Gasteiger partial charge on any atom is -0.486 e. The first kappa shape index (κ1) is 21.0. The van der Waals surface area contributed by atoms with Crippen LogP contribution in [-0.2, 0) is 11.2 Å². The summed E-state index contributed by atoms with van der Waals surface area (Å²) in [6.07, 6.45) is 0.153. The van der Waals surface area contributed by atoms with Gasteiger partial charge >= 0.3 is 0 Å². The van der Waals surface area contributed by atoms with Crippen LogP contribution in [0.5, 0.6) is 11.5 Å². The zero-order valence-electron chi connectivity index (χ0n) is 17.4. The van der Waals surface area contributed by atoms with Crippen molar-refractivity contribution in [3.63, 3.8) is 0 Å². The van der Waals surface area contributed by atoms with Crippen molar-refractivity contribution >= 4 is 35.0 Å². The van der Waals surface area contributed by atoms with Crippen LogP contribution in [0.25, 0.3) is 0 Å². The molecule has 2 heterocycles. The fourth-order valence-electron chi connectivity index (χ4n) is 4.01. The highest BCUT2D eigenvalue weighted by Gasteiger charge is 2.42. The molecule has 0 bridgehead atoms. The molecule has 0 unspecified atom stereocenters. The van der Waals surface area contributed by atoms with E-state index in [0.29, 0.717) is 30.4 Å². The van der Waals surface area contributed by atoms with E-state index in [4.69, 9.17) is 21.1 Å². The van der Waals surface area contributed by atoms with E-state index in [1.54, 1.807) is 36.4 Å². The molecule has 166 valence electrons. The van der Waals surface area contributed by atoms with E-state index in [9.17, 15) is 14.4 Å². The number of nitrogens with one attached hydrogen (secondary N) is 1. The Bertz CT molecular complexity index is 1230. The second-order valence-electron chi connectivity index (χ2n) is 7.70. The third-order valence-corrected chi connectivity index (χ3v) is 5.91. The number of amides is 3. The number of carbonyl (C=O) groups excluding carboxylic acids is 3. The van der Waals surface area contributed by atoms with Gasteiger partial charge in [0.05, 0.1) is 21.8 Å². The molecule has 8 heteroatoms. The van der Waals surface area contributed by atoms with E-state index in [0.717, 1.165) is 10.5 Å². The Labute approximate surface area is 194 Å². The van der Waals surface area contributed by atoms with Crippen molar-refractivity contribution in [1.29, 1.82) is 0 Å². The summed E-state index contributed by atoms with van der Waals surface area (Å²) in [5.74, 6) is -0.585. The van der Waals surface area contributed by atoms with Gasteiger partial charge in [0.15, 0.2) is 11.5 Å². The number of fused-ring (bicyclic) bond motifs is 2. The molecular weight excluding hydrogens is 444 g/mol. The van der Waals surface area contributed by atoms with Crippen molar-refractivity contribution in [2.75, 3.05) is 18.5 Å². The number of hydrogen-bond donors (Lipinski definition) is 1. The van der Waals surface area contributed by atoms with Gasteiger partial charge in [0.1, 0.15) is 19.3 Å². The lowest BCUT2D eigenvalue weighted by Gasteiger charge is -2.26. The lowest BCUT2D eigenvalue weighted by molar-refractivity contribution is -0.119. The highest BCUT2D eigenvalue weighted by Crippen LogP contribution is 2.38. The molecule has 33 heavy (non-hydrogen) atoms. The molecule has 3 aromatic carbocycles. The number of anilines is 1. The highest BCUT2D eigenvalue weighted by atomic mass is 35.5. The van der Waals surface area contributed by atoms with Gasteiger partial charge in [-0.15, -0.1) is 0 Å². The Morgan fingerprint density at radius 3 is 2.12 bits per heavy atom. The van der Waals surface area contributed by atoms with Gasteiger partial charge in [0, 0.05) is 18.6 Å². The number of hydrogen-bond acceptors (Lipinski definition) is 5. The standard InChI is InChI=1S/C25H19ClN2O5/c26-18-13-21-22(33-11-10-32-21)14-19(18)27-23(29)20(12-15-6-2-1-3-7-15)28-24(30)16-8-4-5-9-17(16)25(28)31/h1-9,13-14,20H,10-12H2,(H,27,29)/t20-/m0/s1. The molecule has 0 radical (unpaired) electrons. The van der Waals surface area contributed by atoms with E-state index in [-0.39, 0.29) is 22.6 Å². The quantitative estimate of drug-likeness (QED) is 0.580. The lowest BCUT2D eigenvalue weighted by atomic mass is 10.0. The number of rotatable bonds is 5. The van der Waals surface area contributed by atoms with Crippen LogP contribution >= 0.6 is 11.6 Å². The van der Waals surface area contributed by atoms with Crippen LogP contribution in [0, 0.1) is 0 Å². The number of imide groups is 1. The summed E-state index contributed by atoms with van der Waals surface area (Å²) >= 11 is 6.36. The Morgan fingerprint density at radius 1 is 0.909 bits per heavy atom. The van der Waals surface area contributed by atoms with Crippen LogP contribution < -0.4 is 14.8 Å². The van der Waals surface area contributed by atoms with Crippen LogP contribution in [0.1, 0.15) is 26.3 Å². The third-order valence-electron chi connectivity index (χ3n) is 5.60. The van der Waals surface area contributed by atoms with Crippen LogP contribution in [0.3, 0.4) is 0 Å². The second-order valence-corrected chi connectivity index (χ2v) is 8.10. The van der Waals surface area contributed by atoms with E-state index in [1.807, 2.05) is 30.3 Å². The monoisotopic (exact) mass is 462 g/mol. The number of nitrogens with zero attached hydrogens (tertiary/aromatic N) is 1. The molecule has 1 N–H and O–H groups in total. The molecule has 2 aliphatic rings. The van der Waals surface area contributed by atoms with Gasteiger partial charge in [-0.2, -0.15) is 0 Å². The van der Waals surface area contributed by atoms with Gasteiger partial charge in [-0.05, 0) is 17.7 Å². The molecule has 0 aromatic heterocycles. The Morgan fingerprint density at radius 2 is 1.48 bits per heavy atom. The van der Waals surface area contributed by atoms with Gasteiger partial charge in [-0.1, -0.05) is 54.1 Å². The topological polar surface area (TPSA) is 84.9 Å². The SMILES string of the molecule is O=C(Nc1cc2c(cc1Cl)OCCO2)[C@H](Cc1ccccc1)N1C(=O)c2ccccc2C1=O. The molecule has 3 aromatic rings. The van der Waals surface area contributed by atoms with Crippen molar-refractivity contribution < 1.29 is 23.9 Å². The number of benzene rings is 3. The van der Waals surface area contributed by atoms with Gasteiger partial charge in [-0.25, -0.2) is 0 Å². The second kappa shape index (κ2) is 8.60. The first-order valence-corrected chi connectivity index (χ1v) is 10.8. The molecule has 3 amide bonds. The average molecular weight is 463 g/mol. The van der Waals surface area contributed by atoms with E-state index >= 15 is 0 Å². The largest absolute Gasteiger partial charge is 0.486 e. The summed E-state index contributed by atoms with van der Waals surface area (Å²) in [5.41, 5.74) is 1.68. The predicted octanol–water partition coefficient (Wildman–Crippen LogP) is 3.96. The molecule has 0 saturated carbocycles. The van der Waals surface area contributed by atoms with E-state index < -0.39 is 23.8 Å². The minimum atomic E-state index is -1.08. The molecule has 2 aliphatic heterocycles. The minimum absolute atomic E-state index is 0.153. The smallest absolute Gasteiger partial charge is 0.262 e. The average Bonchev–Trinajstić information content (AvgIpc) is 3.08. The maximum absolute atomic E-state index is 13.5. The van der Waals surface area contributed by atoms with Crippen molar-refractivity contribution in [1.82, 2.24) is 4.90 Å². The van der Waals surface area contributed by atoms with Gasteiger partial charge in [-0.3, -0.25) is 19.3 Å². The molecule has 7 nitrogen and oxygen atoms in total. The molecule has 0 spiro atoms. The number of carbonyl (C=O) groups is 3. The van der Waals surface area contributed by atoms with Crippen LogP contribution in [0.15, 0.2) is 66.7 Å². The van der Waals surface area contributed by atoms with Crippen molar-refractivity contribution in [3.05, 3.63) is 88.4 Å².